The molecule has 1 unspecified atom stereocenters. The van der Waals surface area contributed by atoms with Crippen molar-refractivity contribution in [2.45, 2.75) is 37.1 Å². The minimum Gasteiger partial charge on any atom is -0.349 e. The fourth-order valence-corrected chi connectivity index (χ4v) is 5.29. The molecule has 8 heteroatoms. The standard InChI is InChI=1S/C23H27N3O4S/c1-3-15-24-23(28)20-9-4-5-10-21(20)25-22(27)18-11-13-19(14-12-18)31(29,30)26-16-7-6-8-17(26)2/h3-5,9-14,17H,1,6-8,15-16H2,2H3,(H,24,28)(H,25,27). The van der Waals surface area contributed by atoms with Gasteiger partial charge in [0.1, 0.15) is 0 Å². The summed E-state index contributed by atoms with van der Waals surface area (Å²) in [5.41, 5.74) is 0.996. The summed E-state index contributed by atoms with van der Waals surface area (Å²) in [6, 6.07) is 12.5. The molecule has 0 saturated carbocycles. The van der Waals surface area contributed by atoms with E-state index in [0.29, 0.717) is 29.9 Å². The van der Waals surface area contributed by atoms with Crippen LogP contribution in [0.5, 0.6) is 0 Å². The molecule has 164 valence electrons. The Morgan fingerprint density at radius 2 is 1.81 bits per heavy atom. The molecule has 2 aromatic carbocycles. The zero-order valence-corrected chi connectivity index (χ0v) is 18.3. The van der Waals surface area contributed by atoms with Crippen LogP contribution in [0.3, 0.4) is 0 Å². The Bertz CT molecular complexity index is 1060. The van der Waals surface area contributed by atoms with Gasteiger partial charge in [0.05, 0.1) is 16.1 Å². The van der Waals surface area contributed by atoms with Crippen LogP contribution in [-0.2, 0) is 10.0 Å². The highest BCUT2D eigenvalue weighted by atomic mass is 32.2. The highest BCUT2D eigenvalue weighted by Gasteiger charge is 2.31. The minimum atomic E-state index is -3.60. The molecule has 2 aromatic rings. The molecule has 0 spiro atoms. The van der Waals surface area contributed by atoms with Crippen LogP contribution >= 0.6 is 0 Å². The molecule has 31 heavy (non-hydrogen) atoms. The smallest absolute Gasteiger partial charge is 0.255 e. The third-order valence-corrected chi connectivity index (χ3v) is 7.32. The molecule has 2 amide bonds. The van der Waals surface area contributed by atoms with Crippen molar-refractivity contribution in [3.8, 4) is 0 Å². The summed E-state index contributed by atoms with van der Waals surface area (Å²) in [5.74, 6) is -0.757. The summed E-state index contributed by atoms with van der Waals surface area (Å²) in [6.07, 6.45) is 4.29. The van der Waals surface area contributed by atoms with Gasteiger partial charge in [-0.1, -0.05) is 24.6 Å². The molecule has 1 aliphatic rings. The van der Waals surface area contributed by atoms with E-state index in [2.05, 4.69) is 17.2 Å². The van der Waals surface area contributed by atoms with E-state index in [-0.39, 0.29) is 16.8 Å². The molecule has 1 heterocycles. The molecular weight excluding hydrogens is 414 g/mol. The number of hydrogen-bond donors (Lipinski definition) is 2. The summed E-state index contributed by atoms with van der Waals surface area (Å²) in [6.45, 7) is 6.31. The molecule has 1 atom stereocenters. The van der Waals surface area contributed by atoms with Gasteiger partial charge in [0.2, 0.25) is 10.0 Å². The van der Waals surface area contributed by atoms with Crippen LogP contribution in [0.2, 0.25) is 0 Å². The van der Waals surface area contributed by atoms with Crippen molar-refractivity contribution in [2.24, 2.45) is 0 Å². The van der Waals surface area contributed by atoms with Gasteiger partial charge in [-0.05, 0) is 56.2 Å². The van der Waals surface area contributed by atoms with Gasteiger partial charge in [-0.3, -0.25) is 9.59 Å². The highest BCUT2D eigenvalue weighted by Crippen LogP contribution is 2.25. The average Bonchev–Trinajstić information content (AvgIpc) is 2.78. The van der Waals surface area contributed by atoms with Gasteiger partial charge in [0, 0.05) is 24.7 Å². The number of amides is 2. The maximum Gasteiger partial charge on any atom is 0.255 e. The summed E-state index contributed by atoms with van der Waals surface area (Å²) in [7, 11) is -3.60. The van der Waals surface area contributed by atoms with E-state index in [0.717, 1.165) is 19.3 Å². The van der Waals surface area contributed by atoms with Crippen LogP contribution in [0.1, 0.15) is 46.9 Å². The molecule has 0 bridgehead atoms. The van der Waals surface area contributed by atoms with Crippen molar-refractivity contribution < 1.29 is 18.0 Å². The first kappa shape index (κ1) is 22.7. The predicted molar refractivity (Wildman–Crippen MR) is 121 cm³/mol. The fourth-order valence-electron chi connectivity index (χ4n) is 3.59. The quantitative estimate of drug-likeness (QED) is 0.644. The van der Waals surface area contributed by atoms with Gasteiger partial charge in [-0.15, -0.1) is 6.58 Å². The van der Waals surface area contributed by atoms with Crippen molar-refractivity contribution in [3.05, 3.63) is 72.3 Å². The molecular formula is C23H27N3O4S. The largest absolute Gasteiger partial charge is 0.349 e. The number of anilines is 1. The summed E-state index contributed by atoms with van der Waals surface area (Å²) < 4.78 is 27.4. The van der Waals surface area contributed by atoms with E-state index in [4.69, 9.17) is 0 Å². The van der Waals surface area contributed by atoms with E-state index >= 15 is 0 Å². The van der Waals surface area contributed by atoms with Crippen molar-refractivity contribution >= 4 is 27.5 Å². The second kappa shape index (κ2) is 9.89. The number of piperidine rings is 1. The van der Waals surface area contributed by atoms with Gasteiger partial charge in [-0.25, -0.2) is 8.42 Å². The van der Waals surface area contributed by atoms with Gasteiger partial charge in [0.25, 0.3) is 11.8 Å². The van der Waals surface area contributed by atoms with Crippen LogP contribution in [-0.4, -0.2) is 43.7 Å². The van der Waals surface area contributed by atoms with E-state index in [1.807, 2.05) is 6.92 Å². The highest BCUT2D eigenvalue weighted by molar-refractivity contribution is 7.89. The van der Waals surface area contributed by atoms with Crippen LogP contribution in [0.25, 0.3) is 0 Å². The number of nitrogens with one attached hydrogen (secondary N) is 2. The third kappa shape index (κ3) is 5.21. The number of carbonyl (C=O) groups excluding carboxylic acids is 2. The summed E-state index contributed by atoms with van der Waals surface area (Å²) in [4.78, 5) is 25.2. The van der Waals surface area contributed by atoms with Crippen molar-refractivity contribution in [3.63, 3.8) is 0 Å². The fraction of sp³-hybridized carbons (Fsp3) is 0.304. The van der Waals surface area contributed by atoms with E-state index < -0.39 is 15.9 Å². The average molecular weight is 442 g/mol. The van der Waals surface area contributed by atoms with E-state index in [9.17, 15) is 18.0 Å². The maximum atomic E-state index is 12.9. The van der Waals surface area contributed by atoms with Crippen LogP contribution in [0, 0.1) is 0 Å². The van der Waals surface area contributed by atoms with Crippen LogP contribution < -0.4 is 10.6 Å². The molecule has 3 rings (SSSR count). The monoisotopic (exact) mass is 441 g/mol. The molecule has 0 aliphatic carbocycles. The Kier molecular flexibility index (Phi) is 7.25. The van der Waals surface area contributed by atoms with Crippen molar-refractivity contribution in [1.29, 1.82) is 0 Å². The number of rotatable bonds is 7. The molecule has 0 aromatic heterocycles. The Hall–Kier alpha value is -2.97. The number of nitrogens with zero attached hydrogens (tertiary/aromatic N) is 1. The van der Waals surface area contributed by atoms with E-state index in [1.54, 1.807) is 30.3 Å². The number of para-hydroxylation sites is 1. The second-order valence-corrected chi connectivity index (χ2v) is 9.37. The van der Waals surface area contributed by atoms with Crippen LogP contribution in [0.15, 0.2) is 66.1 Å². The molecule has 7 nitrogen and oxygen atoms in total. The lowest BCUT2D eigenvalue weighted by molar-refractivity contribution is 0.0959. The lowest BCUT2D eigenvalue weighted by atomic mass is 10.1. The van der Waals surface area contributed by atoms with Gasteiger partial charge < -0.3 is 10.6 Å². The lowest BCUT2D eigenvalue weighted by Gasteiger charge is -2.32. The minimum absolute atomic E-state index is 0.0366. The SMILES string of the molecule is C=CCNC(=O)c1ccccc1NC(=O)c1ccc(S(=O)(=O)N2CCCCC2C)cc1. The van der Waals surface area contributed by atoms with Crippen molar-refractivity contribution in [2.75, 3.05) is 18.4 Å². The summed E-state index contributed by atoms with van der Waals surface area (Å²) >= 11 is 0. The first-order chi connectivity index (χ1) is 14.8. The van der Waals surface area contributed by atoms with Gasteiger partial charge >= 0.3 is 0 Å². The third-order valence-electron chi connectivity index (χ3n) is 5.29. The molecule has 0 radical (unpaired) electrons. The zero-order chi connectivity index (χ0) is 22.4. The molecule has 1 saturated heterocycles. The van der Waals surface area contributed by atoms with Crippen molar-refractivity contribution in [1.82, 2.24) is 9.62 Å². The Morgan fingerprint density at radius 3 is 2.48 bits per heavy atom. The normalized spacial score (nSPS) is 17.0. The van der Waals surface area contributed by atoms with Gasteiger partial charge in [0.15, 0.2) is 0 Å². The lowest BCUT2D eigenvalue weighted by Crippen LogP contribution is -2.41. The van der Waals surface area contributed by atoms with Crippen LogP contribution in [0.4, 0.5) is 5.69 Å². The second-order valence-electron chi connectivity index (χ2n) is 7.48. The number of carbonyl (C=O) groups is 2. The Balaban J connectivity index is 1.76. The number of hydrogen-bond acceptors (Lipinski definition) is 4. The molecule has 2 N–H and O–H groups in total. The predicted octanol–water partition coefficient (Wildman–Crippen LogP) is 3.42. The number of sulfonamides is 1. The Morgan fingerprint density at radius 1 is 1.10 bits per heavy atom. The summed E-state index contributed by atoms with van der Waals surface area (Å²) in [5, 5.41) is 5.41. The first-order valence-electron chi connectivity index (χ1n) is 10.3. The molecule has 1 aliphatic heterocycles. The van der Waals surface area contributed by atoms with E-state index in [1.165, 1.54) is 28.6 Å². The number of benzene rings is 2. The first-order valence-corrected chi connectivity index (χ1v) is 11.7. The Labute approximate surface area is 183 Å². The maximum absolute atomic E-state index is 12.9. The molecule has 1 fully saturated rings. The van der Waals surface area contributed by atoms with Gasteiger partial charge in [-0.2, -0.15) is 4.31 Å². The topological polar surface area (TPSA) is 95.6 Å². The zero-order valence-electron chi connectivity index (χ0n) is 17.5.